The summed E-state index contributed by atoms with van der Waals surface area (Å²) in [5.74, 6) is 0.426. The zero-order valence-corrected chi connectivity index (χ0v) is 19.9. The molecule has 0 bridgehead atoms. The van der Waals surface area contributed by atoms with Crippen LogP contribution in [0, 0.1) is 0 Å². The first kappa shape index (κ1) is 22.0. The van der Waals surface area contributed by atoms with E-state index in [1.54, 1.807) is 18.2 Å². The molecule has 31 heavy (non-hydrogen) atoms. The molecule has 0 spiro atoms. The van der Waals surface area contributed by atoms with Crippen molar-refractivity contribution in [1.82, 2.24) is 5.32 Å². The van der Waals surface area contributed by atoms with E-state index in [0.717, 1.165) is 21.3 Å². The number of nitrogens with one attached hydrogen (secondary N) is 1. The maximum absolute atomic E-state index is 12.5. The van der Waals surface area contributed by atoms with Gasteiger partial charge in [0, 0.05) is 25.6 Å². The number of amidine groups is 1. The zero-order valence-electron chi connectivity index (χ0n) is 15.9. The molecule has 4 rings (SSSR count). The SMILES string of the molecule is O=C1NC(=Nc2ccccc2)S/C1=C\c1cc(Br)ccc1OCc1ccc(Cl)cc1Cl. The highest BCUT2D eigenvalue weighted by atomic mass is 79.9. The second kappa shape index (κ2) is 9.92. The third-order valence-electron chi connectivity index (χ3n) is 4.29. The van der Waals surface area contributed by atoms with Crippen LogP contribution < -0.4 is 10.1 Å². The molecule has 8 heteroatoms. The predicted molar refractivity (Wildman–Crippen MR) is 132 cm³/mol. The van der Waals surface area contributed by atoms with Gasteiger partial charge in [-0.3, -0.25) is 4.79 Å². The number of benzene rings is 3. The Morgan fingerprint density at radius 3 is 2.65 bits per heavy atom. The summed E-state index contributed by atoms with van der Waals surface area (Å²) in [5, 5.41) is 4.44. The first-order chi connectivity index (χ1) is 15.0. The highest BCUT2D eigenvalue weighted by molar-refractivity contribution is 9.10. The molecule has 0 radical (unpaired) electrons. The molecule has 0 saturated carbocycles. The summed E-state index contributed by atoms with van der Waals surface area (Å²) >= 11 is 17.0. The van der Waals surface area contributed by atoms with E-state index in [9.17, 15) is 4.79 Å². The smallest absolute Gasteiger partial charge is 0.264 e. The van der Waals surface area contributed by atoms with Crippen LogP contribution in [0.15, 0.2) is 81.1 Å². The fraction of sp³-hybridized carbons (Fsp3) is 0.0435. The van der Waals surface area contributed by atoms with Gasteiger partial charge in [-0.2, -0.15) is 0 Å². The zero-order chi connectivity index (χ0) is 21.8. The Bertz CT molecular complexity index is 1200. The second-order valence-corrected chi connectivity index (χ2v) is 9.31. The maximum atomic E-state index is 12.5. The summed E-state index contributed by atoms with van der Waals surface area (Å²) in [6.45, 7) is 0.272. The minimum atomic E-state index is -0.202. The van der Waals surface area contributed by atoms with Crippen molar-refractivity contribution in [3.8, 4) is 5.75 Å². The van der Waals surface area contributed by atoms with Gasteiger partial charge in [0.05, 0.1) is 10.6 Å². The average molecular weight is 534 g/mol. The lowest BCUT2D eigenvalue weighted by Crippen LogP contribution is -2.19. The summed E-state index contributed by atoms with van der Waals surface area (Å²) in [4.78, 5) is 17.5. The molecule has 1 N–H and O–H groups in total. The van der Waals surface area contributed by atoms with E-state index >= 15 is 0 Å². The Labute approximate surface area is 202 Å². The number of aliphatic imine (C=N–C) groups is 1. The van der Waals surface area contributed by atoms with Crippen molar-refractivity contribution in [3.05, 3.63) is 97.3 Å². The van der Waals surface area contributed by atoms with Crippen molar-refractivity contribution in [2.45, 2.75) is 6.61 Å². The molecule has 1 fully saturated rings. The number of amides is 1. The minimum absolute atomic E-state index is 0.202. The molecule has 1 amide bonds. The van der Waals surface area contributed by atoms with Crippen LogP contribution in [0.3, 0.4) is 0 Å². The minimum Gasteiger partial charge on any atom is -0.488 e. The molecule has 0 unspecified atom stereocenters. The topological polar surface area (TPSA) is 50.7 Å². The largest absolute Gasteiger partial charge is 0.488 e. The number of rotatable bonds is 5. The van der Waals surface area contributed by atoms with Crippen molar-refractivity contribution in [1.29, 1.82) is 0 Å². The average Bonchev–Trinajstić information content (AvgIpc) is 3.08. The van der Waals surface area contributed by atoms with E-state index in [4.69, 9.17) is 27.9 Å². The fourth-order valence-electron chi connectivity index (χ4n) is 2.80. The third kappa shape index (κ3) is 5.71. The quantitative estimate of drug-likeness (QED) is 0.352. The Kier molecular flexibility index (Phi) is 7.02. The Hall–Kier alpha value is -2.25. The molecule has 1 aliphatic heterocycles. The van der Waals surface area contributed by atoms with E-state index in [0.29, 0.717) is 25.9 Å². The van der Waals surface area contributed by atoms with Gasteiger partial charge in [0.15, 0.2) is 5.17 Å². The summed E-state index contributed by atoms with van der Waals surface area (Å²) in [7, 11) is 0. The number of carbonyl (C=O) groups is 1. The van der Waals surface area contributed by atoms with Crippen LogP contribution in [0.1, 0.15) is 11.1 Å². The molecular weight excluding hydrogens is 519 g/mol. The van der Waals surface area contributed by atoms with E-state index in [1.165, 1.54) is 11.8 Å². The number of hydrogen-bond donors (Lipinski definition) is 1. The van der Waals surface area contributed by atoms with E-state index in [2.05, 4.69) is 26.2 Å². The Balaban J connectivity index is 1.56. The molecule has 156 valence electrons. The van der Waals surface area contributed by atoms with Gasteiger partial charge < -0.3 is 10.1 Å². The molecule has 0 aliphatic carbocycles. The monoisotopic (exact) mass is 532 g/mol. The van der Waals surface area contributed by atoms with Crippen molar-refractivity contribution >= 4 is 73.7 Å². The van der Waals surface area contributed by atoms with Gasteiger partial charge in [0.25, 0.3) is 5.91 Å². The lowest BCUT2D eigenvalue weighted by Gasteiger charge is -2.11. The molecule has 4 nitrogen and oxygen atoms in total. The maximum Gasteiger partial charge on any atom is 0.264 e. The van der Waals surface area contributed by atoms with Gasteiger partial charge >= 0.3 is 0 Å². The van der Waals surface area contributed by atoms with Crippen LogP contribution in [-0.4, -0.2) is 11.1 Å². The number of thioether (sulfide) groups is 1. The molecule has 1 aliphatic rings. The summed E-state index contributed by atoms with van der Waals surface area (Å²) in [5.41, 5.74) is 2.36. The highest BCUT2D eigenvalue weighted by Gasteiger charge is 2.24. The standard InChI is InChI=1S/C23H15BrCl2N2O2S/c24-16-7-9-20(30-13-14-6-8-17(25)12-19(14)26)15(10-16)11-21-22(29)28-23(31-21)27-18-4-2-1-3-5-18/h1-12H,13H2,(H,27,28,29)/b21-11-. The van der Waals surface area contributed by atoms with Crippen LogP contribution in [-0.2, 0) is 11.4 Å². The number of ether oxygens (including phenoxy) is 1. The van der Waals surface area contributed by atoms with Gasteiger partial charge in [-0.15, -0.1) is 0 Å². The second-order valence-electron chi connectivity index (χ2n) is 6.52. The van der Waals surface area contributed by atoms with E-state index in [-0.39, 0.29) is 12.5 Å². The molecule has 3 aromatic rings. The Morgan fingerprint density at radius 2 is 1.87 bits per heavy atom. The molecule has 0 aromatic heterocycles. The van der Waals surface area contributed by atoms with Gasteiger partial charge in [0.2, 0.25) is 0 Å². The number of carbonyl (C=O) groups excluding carboxylic acids is 1. The number of nitrogens with zero attached hydrogens (tertiary/aromatic N) is 1. The summed E-state index contributed by atoms with van der Waals surface area (Å²) < 4.78 is 6.88. The van der Waals surface area contributed by atoms with Crippen molar-refractivity contribution < 1.29 is 9.53 Å². The predicted octanol–water partition coefficient (Wildman–Crippen LogP) is 7.23. The molecule has 1 saturated heterocycles. The van der Waals surface area contributed by atoms with Crippen molar-refractivity contribution in [2.75, 3.05) is 0 Å². The van der Waals surface area contributed by atoms with Crippen molar-refractivity contribution in [2.24, 2.45) is 4.99 Å². The number of hydrogen-bond acceptors (Lipinski definition) is 4. The van der Waals surface area contributed by atoms with Crippen LogP contribution in [0.4, 0.5) is 5.69 Å². The van der Waals surface area contributed by atoms with E-state index < -0.39 is 0 Å². The first-order valence-electron chi connectivity index (χ1n) is 9.19. The third-order valence-corrected chi connectivity index (χ3v) is 6.28. The molecular formula is C23H15BrCl2N2O2S. The van der Waals surface area contributed by atoms with Gasteiger partial charge in [-0.05, 0) is 60.3 Å². The van der Waals surface area contributed by atoms with Crippen LogP contribution in [0.5, 0.6) is 5.75 Å². The fourth-order valence-corrected chi connectivity index (χ4v) is 4.47. The van der Waals surface area contributed by atoms with Gasteiger partial charge in [-0.25, -0.2) is 4.99 Å². The van der Waals surface area contributed by atoms with Crippen LogP contribution in [0.2, 0.25) is 10.0 Å². The van der Waals surface area contributed by atoms with Crippen LogP contribution in [0.25, 0.3) is 6.08 Å². The van der Waals surface area contributed by atoms with E-state index in [1.807, 2.05) is 54.6 Å². The van der Waals surface area contributed by atoms with Gasteiger partial charge in [-0.1, -0.05) is 63.4 Å². The first-order valence-corrected chi connectivity index (χ1v) is 11.6. The number of para-hydroxylation sites is 1. The molecule has 1 heterocycles. The van der Waals surface area contributed by atoms with Crippen LogP contribution >= 0.6 is 50.9 Å². The lowest BCUT2D eigenvalue weighted by molar-refractivity contribution is -0.115. The summed E-state index contributed by atoms with van der Waals surface area (Å²) in [6.07, 6.45) is 1.79. The lowest BCUT2D eigenvalue weighted by atomic mass is 10.1. The van der Waals surface area contributed by atoms with Gasteiger partial charge in [0.1, 0.15) is 12.4 Å². The molecule has 0 atom stereocenters. The normalized spacial score (nSPS) is 16.0. The summed E-state index contributed by atoms with van der Waals surface area (Å²) in [6, 6.07) is 20.4. The van der Waals surface area contributed by atoms with Crippen molar-refractivity contribution in [3.63, 3.8) is 0 Å². The highest BCUT2D eigenvalue weighted by Crippen LogP contribution is 2.33. The Morgan fingerprint density at radius 1 is 1.06 bits per heavy atom. The molecule has 3 aromatic carbocycles. The number of halogens is 3.